The van der Waals surface area contributed by atoms with Gasteiger partial charge in [0.05, 0.1) is 25.3 Å². The maximum Gasteiger partial charge on any atom is 0.338 e. The van der Waals surface area contributed by atoms with Crippen LogP contribution < -0.4 is 20.3 Å². The molecule has 1 saturated heterocycles. The Morgan fingerprint density at radius 3 is 2.35 bits per heavy atom. The molecule has 3 N–H and O–H groups in total. The zero-order valence-corrected chi connectivity index (χ0v) is 19.4. The molecule has 2 heterocycles. The number of ether oxygens (including phenoxy) is 2. The van der Waals surface area contributed by atoms with Gasteiger partial charge in [0.25, 0.3) is 0 Å². The van der Waals surface area contributed by atoms with Crippen molar-refractivity contribution in [3.05, 3.63) is 65.4 Å². The zero-order valence-electron chi connectivity index (χ0n) is 19.4. The number of rotatable bonds is 7. The molecule has 2 amide bonds. The highest BCUT2D eigenvalue weighted by atomic mass is 16.5. The number of carbonyl (C=O) groups is 2. The number of piperazine rings is 1. The quantitative estimate of drug-likeness (QED) is 0.539. The summed E-state index contributed by atoms with van der Waals surface area (Å²) in [5.41, 5.74) is 2.79. The lowest BCUT2D eigenvalue weighted by molar-refractivity contribution is -0.139. The van der Waals surface area contributed by atoms with Crippen molar-refractivity contribution in [3.8, 4) is 11.5 Å². The number of methoxy groups -OCH3 is 1. The molecule has 0 bridgehead atoms. The Morgan fingerprint density at radius 1 is 1.06 bits per heavy atom. The molecule has 2 aliphatic heterocycles. The van der Waals surface area contributed by atoms with Gasteiger partial charge in [-0.3, -0.25) is 4.90 Å². The first kappa shape index (κ1) is 23.4. The van der Waals surface area contributed by atoms with Crippen LogP contribution in [0.1, 0.15) is 18.5 Å². The Kier molecular flexibility index (Phi) is 7.22. The molecule has 0 aliphatic carbocycles. The Morgan fingerprint density at radius 2 is 1.74 bits per heavy atom. The van der Waals surface area contributed by atoms with Crippen LogP contribution in [0.25, 0.3) is 0 Å². The smallest absolute Gasteiger partial charge is 0.338 e. The number of carbonyl (C=O) groups excluding carboxylic acids is 2. The molecule has 9 heteroatoms. The van der Waals surface area contributed by atoms with Crippen molar-refractivity contribution in [2.24, 2.45) is 0 Å². The van der Waals surface area contributed by atoms with Crippen LogP contribution >= 0.6 is 0 Å². The van der Waals surface area contributed by atoms with E-state index in [1.54, 1.807) is 38.3 Å². The molecule has 1 unspecified atom stereocenters. The third kappa shape index (κ3) is 5.26. The molecule has 0 aromatic heterocycles. The summed E-state index contributed by atoms with van der Waals surface area (Å²) < 4.78 is 10.6. The van der Waals surface area contributed by atoms with Crippen molar-refractivity contribution in [1.82, 2.24) is 15.5 Å². The van der Waals surface area contributed by atoms with Crippen molar-refractivity contribution in [2.75, 3.05) is 51.3 Å². The second kappa shape index (κ2) is 10.5. The van der Waals surface area contributed by atoms with Gasteiger partial charge >= 0.3 is 12.0 Å². The molecule has 1 atom stereocenters. The number of nitrogens with zero attached hydrogens (tertiary/aromatic N) is 2. The van der Waals surface area contributed by atoms with Crippen molar-refractivity contribution < 1.29 is 24.2 Å². The number of nitrogens with one attached hydrogen (secondary N) is 2. The van der Waals surface area contributed by atoms with E-state index < -0.39 is 12.0 Å². The Balaban J connectivity index is 1.54. The van der Waals surface area contributed by atoms with Crippen LogP contribution in [0.3, 0.4) is 0 Å². The van der Waals surface area contributed by atoms with Crippen molar-refractivity contribution in [2.45, 2.75) is 13.0 Å². The van der Waals surface area contributed by atoms with Crippen LogP contribution in [0.15, 0.2) is 59.8 Å². The first-order valence-electron chi connectivity index (χ1n) is 11.4. The van der Waals surface area contributed by atoms with Crippen LogP contribution in [-0.4, -0.2) is 68.4 Å². The van der Waals surface area contributed by atoms with E-state index in [0.29, 0.717) is 23.6 Å². The van der Waals surface area contributed by atoms with Crippen LogP contribution in [0.5, 0.6) is 11.5 Å². The molecule has 9 nitrogen and oxygen atoms in total. The van der Waals surface area contributed by atoms with E-state index in [1.807, 2.05) is 24.3 Å². The summed E-state index contributed by atoms with van der Waals surface area (Å²) in [5, 5.41) is 15.2. The fourth-order valence-electron chi connectivity index (χ4n) is 4.29. The predicted octanol–water partition coefficient (Wildman–Crippen LogP) is 2.39. The predicted molar refractivity (Wildman–Crippen MR) is 128 cm³/mol. The lowest BCUT2D eigenvalue weighted by Crippen LogP contribution is -2.51. The Labute approximate surface area is 198 Å². The largest absolute Gasteiger partial charge is 0.508 e. The third-order valence-electron chi connectivity index (χ3n) is 6.07. The SMILES string of the molecule is CCOC(=O)C1=C(CN2CCN(c3ccc(O)cc3)CC2)NC(=O)NC1c1ccc(OC)cc1. The minimum Gasteiger partial charge on any atom is -0.508 e. The topological polar surface area (TPSA) is 103 Å². The summed E-state index contributed by atoms with van der Waals surface area (Å²) in [6.45, 7) is 5.54. The summed E-state index contributed by atoms with van der Waals surface area (Å²) in [5.74, 6) is 0.486. The highest BCUT2D eigenvalue weighted by Gasteiger charge is 2.34. The molecule has 1 fully saturated rings. The average molecular weight is 467 g/mol. The number of urea groups is 1. The van der Waals surface area contributed by atoms with Crippen molar-refractivity contribution in [1.29, 1.82) is 0 Å². The van der Waals surface area contributed by atoms with Gasteiger partial charge in [0.1, 0.15) is 11.5 Å². The van der Waals surface area contributed by atoms with Gasteiger partial charge in [-0.15, -0.1) is 0 Å². The lowest BCUT2D eigenvalue weighted by atomic mass is 9.94. The minimum absolute atomic E-state index is 0.240. The van der Waals surface area contributed by atoms with Gasteiger partial charge in [-0.1, -0.05) is 12.1 Å². The molecular formula is C25H30N4O5. The van der Waals surface area contributed by atoms with E-state index >= 15 is 0 Å². The summed E-state index contributed by atoms with van der Waals surface area (Å²) >= 11 is 0. The minimum atomic E-state index is -0.619. The molecular weight excluding hydrogens is 436 g/mol. The number of phenolic OH excluding ortho intramolecular Hbond substituents is 1. The second-order valence-electron chi connectivity index (χ2n) is 8.20. The maximum atomic E-state index is 13.0. The normalized spacial score (nSPS) is 18.8. The fraction of sp³-hybridized carbons (Fsp3) is 0.360. The number of hydrogen-bond acceptors (Lipinski definition) is 7. The van der Waals surface area contributed by atoms with Crippen molar-refractivity contribution >= 4 is 17.7 Å². The van der Waals surface area contributed by atoms with Crippen LogP contribution in [0.4, 0.5) is 10.5 Å². The number of aromatic hydroxyl groups is 1. The van der Waals surface area contributed by atoms with Crippen LogP contribution in [0.2, 0.25) is 0 Å². The number of hydrogen-bond donors (Lipinski definition) is 3. The molecule has 2 aromatic rings. The average Bonchev–Trinajstić information content (AvgIpc) is 2.85. The second-order valence-corrected chi connectivity index (χ2v) is 8.20. The summed E-state index contributed by atoms with van der Waals surface area (Å²) in [7, 11) is 1.59. The van der Waals surface area contributed by atoms with Gasteiger partial charge in [-0.05, 0) is 48.9 Å². The van der Waals surface area contributed by atoms with E-state index in [-0.39, 0.29) is 18.4 Å². The van der Waals surface area contributed by atoms with Gasteiger partial charge in [0.2, 0.25) is 0 Å². The third-order valence-corrected chi connectivity index (χ3v) is 6.07. The maximum absolute atomic E-state index is 13.0. The van der Waals surface area contributed by atoms with Gasteiger partial charge in [0, 0.05) is 44.1 Å². The number of amides is 2. The number of anilines is 1. The standard InChI is InChI=1S/C25H30N4O5/c1-3-34-24(31)22-21(26-25(32)27-23(22)17-4-10-20(33-2)11-5-17)16-28-12-14-29(15-13-28)18-6-8-19(30)9-7-18/h4-11,23,30H,3,12-16H2,1-2H3,(H2,26,27,32). The van der Waals surface area contributed by atoms with Gasteiger partial charge < -0.3 is 30.1 Å². The molecule has 2 aliphatic rings. The number of benzene rings is 2. The Bertz CT molecular complexity index is 1040. The summed E-state index contributed by atoms with van der Waals surface area (Å²) in [6.07, 6.45) is 0. The Hall–Kier alpha value is -3.72. The van der Waals surface area contributed by atoms with Gasteiger partial charge in [0.15, 0.2) is 0 Å². The van der Waals surface area contributed by atoms with E-state index in [2.05, 4.69) is 20.4 Å². The van der Waals surface area contributed by atoms with Crippen LogP contribution in [0, 0.1) is 0 Å². The number of esters is 1. The summed E-state index contributed by atoms with van der Waals surface area (Å²) in [4.78, 5) is 30.0. The van der Waals surface area contributed by atoms with Crippen molar-refractivity contribution in [3.63, 3.8) is 0 Å². The highest BCUT2D eigenvalue weighted by molar-refractivity contribution is 5.95. The highest BCUT2D eigenvalue weighted by Crippen LogP contribution is 2.30. The van der Waals surface area contributed by atoms with Crippen LogP contribution in [-0.2, 0) is 9.53 Å². The number of phenols is 1. The molecule has 180 valence electrons. The molecule has 4 rings (SSSR count). The molecule has 0 spiro atoms. The first-order valence-corrected chi connectivity index (χ1v) is 11.4. The van der Waals surface area contributed by atoms with E-state index in [0.717, 1.165) is 37.4 Å². The fourth-order valence-corrected chi connectivity index (χ4v) is 4.29. The zero-order chi connectivity index (χ0) is 24.1. The summed E-state index contributed by atoms with van der Waals surface area (Å²) in [6, 6.07) is 13.5. The molecule has 0 radical (unpaired) electrons. The van der Waals surface area contributed by atoms with Gasteiger partial charge in [-0.2, -0.15) is 0 Å². The molecule has 34 heavy (non-hydrogen) atoms. The van der Waals surface area contributed by atoms with E-state index in [1.165, 1.54) is 0 Å². The first-order chi connectivity index (χ1) is 16.5. The van der Waals surface area contributed by atoms with Gasteiger partial charge in [-0.25, -0.2) is 9.59 Å². The molecule has 0 saturated carbocycles. The van der Waals surface area contributed by atoms with E-state index in [9.17, 15) is 14.7 Å². The van der Waals surface area contributed by atoms with E-state index in [4.69, 9.17) is 9.47 Å². The lowest BCUT2D eigenvalue weighted by Gasteiger charge is -2.38. The monoisotopic (exact) mass is 466 g/mol. The molecule has 2 aromatic carbocycles.